The number of Topliss-reactive ketones (excluding diaryl/α,β-unsaturated/α-hetero) is 1. The van der Waals surface area contributed by atoms with Gasteiger partial charge in [0.25, 0.3) is 0 Å². The number of benzene rings is 2. The number of rotatable bonds is 6. The fourth-order valence-corrected chi connectivity index (χ4v) is 2.67. The molecular weight excluding hydrogens is 358 g/mol. The molecule has 5 nitrogen and oxygen atoms in total. The summed E-state index contributed by atoms with van der Waals surface area (Å²) in [5.74, 6) is 0.00851. The summed E-state index contributed by atoms with van der Waals surface area (Å²) in [6.45, 7) is 0.445. The molecule has 1 aromatic heterocycles. The van der Waals surface area contributed by atoms with Crippen LogP contribution in [0.15, 0.2) is 57.7 Å². The molecule has 0 spiro atoms. The van der Waals surface area contributed by atoms with E-state index in [0.717, 1.165) is 10.9 Å². The molecule has 140 valence electrons. The Morgan fingerprint density at radius 2 is 1.67 bits per heavy atom. The zero-order chi connectivity index (χ0) is 19.6. The summed E-state index contributed by atoms with van der Waals surface area (Å²) >= 11 is 0. The SMILES string of the molecule is Cc1cc(=O)oc2cc(O[C@@H](C)C(=O)c3ccc(OC(F)F)cc3)ccc12. The van der Waals surface area contributed by atoms with Crippen molar-refractivity contribution in [3.05, 3.63) is 70.1 Å². The minimum atomic E-state index is -2.93. The number of alkyl halides is 2. The second-order valence-electron chi connectivity index (χ2n) is 5.93. The normalized spacial score (nSPS) is 12.2. The van der Waals surface area contributed by atoms with E-state index in [0.29, 0.717) is 16.9 Å². The van der Waals surface area contributed by atoms with Gasteiger partial charge in [0.05, 0.1) is 0 Å². The quantitative estimate of drug-likeness (QED) is 0.474. The average molecular weight is 374 g/mol. The van der Waals surface area contributed by atoms with Crippen molar-refractivity contribution in [3.8, 4) is 11.5 Å². The van der Waals surface area contributed by atoms with Crippen LogP contribution < -0.4 is 15.1 Å². The molecule has 0 bridgehead atoms. The first kappa shape index (κ1) is 18.6. The highest BCUT2D eigenvalue weighted by molar-refractivity contribution is 5.99. The van der Waals surface area contributed by atoms with Crippen LogP contribution in [0.3, 0.4) is 0 Å². The molecule has 3 aromatic rings. The first-order chi connectivity index (χ1) is 12.8. The Balaban J connectivity index is 1.76. The highest BCUT2D eigenvalue weighted by Gasteiger charge is 2.18. The highest BCUT2D eigenvalue weighted by Crippen LogP contribution is 2.24. The smallest absolute Gasteiger partial charge is 0.387 e. The zero-order valence-corrected chi connectivity index (χ0v) is 14.6. The lowest BCUT2D eigenvalue weighted by molar-refractivity contribution is -0.0498. The molecule has 0 aliphatic rings. The van der Waals surface area contributed by atoms with Gasteiger partial charge in [-0.3, -0.25) is 4.79 Å². The average Bonchev–Trinajstić information content (AvgIpc) is 2.60. The van der Waals surface area contributed by atoms with E-state index < -0.39 is 18.3 Å². The summed E-state index contributed by atoms with van der Waals surface area (Å²) in [7, 11) is 0. The summed E-state index contributed by atoms with van der Waals surface area (Å²) < 4.78 is 39.4. The Kier molecular flexibility index (Phi) is 5.21. The molecule has 0 saturated heterocycles. The van der Waals surface area contributed by atoms with Gasteiger partial charge in [0.15, 0.2) is 6.10 Å². The van der Waals surface area contributed by atoms with E-state index in [1.165, 1.54) is 30.3 Å². The molecule has 1 heterocycles. The van der Waals surface area contributed by atoms with Crippen molar-refractivity contribution in [1.82, 2.24) is 0 Å². The Morgan fingerprint density at radius 1 is 1.00 bits per heavy atom. The number of fused-ring (bicyclic) bond motifs is 1. The maximum atomic E-state index is 12.5. The van der Waals surface area contributed by atoms with Crippen molar-refractivity contribution in [1.29, 1.82) is 0 Å². The van der Waals surface area contributed by atoms with Crippen molar-refractivity contribution in [2.75, 3.05) is 0 Å². The van der Waals surface area contributed by atoms with Gasteiger partial charge < -0.3 is 13.9 Å². The van der Waals surface area contributed by atoms with Crippen LogP contribution in [0.1, 0.15) is 22.8 Å². The molecule has 0 radical (unpaired) electrons. The molecule has 2 aromatic carbocycles. The third-order valence-corrected chi connectivity index (χ3v) is 3.97. The summed E-state index contributed by atoms with van der Waals surface area (Å²) in [6, 6.07) is 11.7. The molecule has 0 fully saturated rings. The second kappa shape index (κ2) is 7.57. The number of hydrogen-bond acceptors (Lipinski definition) is 5. The largest absolute Gasteiger partial charge is 0.482 e. The standard InChI is InChI=1S/C20H16F2O5/c1-11-9-18(23)27-17-10-15(7-8-16(11)17)25-12(2)19(24)13-3-5-14(6-4-13)26-20(21)22/h3-10,12,20H,1-2H3/t12-/m0/s1. The van der Waals surface area contributed by atoms with E-state index in [1.807, 2.05) is 0 Å². The number of carbonyl (C=O) groups excluding carboxylic acids is 1. The zero-order valence-electron chi connectivity index (χ0n) is 14.6. The molecule has 0 aliphatic heterocycles. The van der Waals surface area contributed by atoms with E-state index in [1.54, 1.807) is 32.0 Å². The molecule has 3 rings (SSSR count). The molecule has 0 unspecified atom stereocenters. The predicted octanol–water partition coefficient (Wildman–Crippen LogP) is 4.35. The van der Waals surface area contributed by atoms with Crippen LogP contribution in [-0.4, -0.2) is 18.5 Å². The first-order valence-corrected chi connectivity index (χ1v) is 8.14. The minimum absolute atomic E-state index is 0.0324. The van der Waals surface area contributed by atoms with Crippen molar-refractivity contribution < 1.29 is 27.5 Å². The van der Waals surface area contributed by atoms with Crippen LogP contribution in [0, 0.1) is 6.92 Å². The van der Waals surface area contributed by atoms with Gasteiger partial charge in [-0.2, -0.15) is 8.78 Å². The Bertz CT molecular complexity index is 1020. The number of halogens is 2. The Morgan fingerprint density at radius 3 is 2.33 bits per heavy atom. The van der Waals surface area contributed by atoms with Gasteiger partial charge in [0, 0.05) is 23.1 Å². The molecule has 1 atom stereocenters. The van der Waals surface area contributed by atoms with Crippen LogP contribution in [0.2, 0.25) is 0 Å². The van der Waals surface area contributed by atoms with Gasteiger partial charge in [-0.05, 0) is 55.8 Å². The molecular formula is C20H16F2O5. The molecule has 7 heteroatoms. The Hall–Kier alpha value is -3.22. The molecule has 0 N–H and O–H groups in total. The summed E-state index contributed by atoms with van der Waals surface area (Å²) in [6.07, 6.45) is -0.833. The van der Waals surface area contributed by atoms with Crippen molar-refractivity contribution in [2.24, 2.45) is 0 Å². The van der Waals surface area contributed by atoms with Gasteiger partial charge in [-0.15, -0.1) is 0 Å². The lowest BCUT2D eigenvalue weighted by Crippen LogP contribution is -2.23. The van der Waals surface area contributed by atoms with E-state index >= 15 is 0 Å². The molecule has 0 aliphatic carbocycles. The lowest BCUT2D eigenvalue weighted by atomic mass is 10.1. The number of hydrogen-bond donors (Lipinski definition) is 0. The number of ether oxygens (including phenoxy) is 2. The van der Waals surface area contributed by atoms with Crippen molar-refractivity contribution >= 4 is 16.8 Å². The van der Waals surface area contributed by atoms with Crippen LogP contribution >= 0.6 is 0 Å². The third-order valence-electron chi connectivity index (χ3n) is 3.97. The third kappa shape index (κ3) is 4.31. The summed E-state index contributed by atoms with van der Waals surface area (Å²) in [4.78, 5) is 24.0. The summed E-state index contributed by atoms with van der Waals surface area (Å²) in [5.41, 5.74) is 0.980. The van der Waals surface area contributed by atoms with Gasteiger partial charge >= 0.3 is 12.2 Å². The first-order valence-electron chi connectivity index (χ1n) is 8.14. The number of ketones is 1. The minimum Gasteiger partial charge on any atom is -0.482 e. The van der Waals surface area contributed by atoms with E-state index in [2.05, 4.69) is 4.74 Å². The fourth-order valence-electron chi connectivity index (χ4n) is 2.67. The van der Waals surface area contributed by atoms with Crippen molar-refractivity contribution in [2.45, 2.75) is 26.6 Å². The maximum absolute atomic E-state index is 12.5. The van der Waals surface area contributed by atoms with Gasteiger partial charge in [0.1, 0.15) is 17.1 Å². The number of aryl methyl sites for hydroxylation is 1. The van der Waals surface area contributed by atoms with E-state index in [4.69, 9.17) is 9.15 Å². The predicted molar refractivity (Wildman–Crippen MR) is 94.7 cm³/mol. The second-order valence-corrected chi connectivity index (χ2v) is 5.93. The van der Waals surface area contributed by atoms with Gasteiger partial charge in [0.2, 0.25) is 5.78 Å². The maximum Gasteiger partial charge on any atom is 0.387 e. The molecule has 0 saturated carbocycles. The fraction of sp³-hybridized carbons (Fsp3) is 0.200. The number of carbonyl (C=O) groups is 1. The van der Waals surface area contributed by atoms with Crippen LogP contribution in [-0.2, 0) is 0 Å². The molecule has 0 amide bonds. The summed E-state index contributed by atoms with van der Waals surface area (Å²) in [5, 5.41) is 0.774. The van der Waals surface area contributed by atoms with Crippen LogP contribution in [0.4, 0.5) is 8.78 Å². The topological polar surface area (TPSA) is 65.7 Å². The van der Waals surface area contributed by atoms with Crippen LogP contribution in [0.25, 0.3) is 11.0 Å². The van der Waals surface area contributed by atoms with Crippen molar-refractivity contribution in [3.63, 3.8) is 0 Å². The Labute approximate surface area is 153 Å². The van der Waals surface area contributed by atoms with Crippen LogP contribution in [0.5, 0.6) is 11.5 Å². The van der Waals surface area contributed by atoms with Gasteiger partial charge in [-0.25, -0.2) is 4.79 Å². The van der Waals surface area contributed by atoms with E-state index in [-0.39, 0.29) is 11.5 Å². The highest BCUT2D eigenvalue weighted by atomic mass is 19.3. The molecule has 27 heavy (non-hydrogen) atoms. The van der Waals surface area contributed by atoms with Gasteiger partial charge in [-0.1, -0.05) is 0 Å². The lowest BCUT2D eigenvalue weighted by Gasteiger charge is -2.14. The monoisotopic (exact) mass is 374 g/mol. The van der Waals surface area contributed by atoms with E-state index in [9.17, 15) is 18.4 Å².